The second-order valence-electron chi connectivity index (χ2n) is 3.63. The van der Waals surface area contributed by atoms with Crippen LogP contribution in [0.3, 0.4) is 0 Å². The maximum Gasteiger partial charge on any atom is 0.434 e. The molecule has 8 heteroatoms. The molecule has 0 radical (unpaired) electrons. The SMILES string of the molecule is NC(=O)c1cnn(-c2ccccc2Cl)c1C(F)(F)F. The van der Waals surface area contributed by atoms with Gasteiger partial charge in [0.15, 0.2) is 5.69 Å². The van der Waals surface area contributed by atoms with Crippen LogP contribution in [0.15, 0.2) is 30.5 Å². The first-order valence-electron chi connectivity index (χ1n) is 5.02. The largest absolute Gasteiger partial charge is 0.434 e. The van der Waals surface area contributed by atoms with Crippen LogP contribution in [0, 0.1) is 0 Å². The van der Waals surface area contributed by atoms with Gasteiger partial charge in [0, 0.05) is 0 Å². The highest BCUT2D eigenvalue weighted by atomic mass is 35.5. The summed E-state index contributed by atoms with van der Waals surface area (Å²) in [6.45, 7) is 0. The van der Waals surface area contributed by atoms with Crippen LogP contribution in [-0.2, 0) is 6.18 Å². The minimum atomic E-state index is -4.78. The first-order valence-corrected chi connectivity index (χ1v) is 5.40. The number of para-hydroxylation sites is 1. The van der Waals surface area contributed by atoms with Gasteiger partial charge in [-0.05, 0) is 12.1 Å². The molecule has 0 spiro atoms. The van der Waals surface area contributed by atoms with E-state index < -0.39 is 23.3 Å². The van der Waals surface area contributed by atoms with Crippen LogP contribution in [-0.4, -0.2) is 15.7 Å². The highest BCUT2D eigenvalue weighted by Crippen LogP contribution is 2.34. The van der Waals surface area contributed by atoms with E-state index in [9.17, 15) is 18.0 Å². The molecule has 2 aromatic rings. The molecule has 0 aliphatic rings. The molecule has 2 rings (SSSR count). The molecular weight excluding hydrogens is 283 g/mol. The van der Waals surface area contributed by atoms with Gasteiger partial charge < -0.3 is 5.73 Å². The molecule has 1 heterocycles. The van der Waals surface area contributed by atoms with Gasteiger partial charge in [-0.2, -0.15) is 18.3 Å². The van der Waals surface area contributed by atoms with Gasteiger partial charge >= 0.3 is 6.18 Å². The average Bonchev–Trinajstić information content (AvgIpc) is 2.73. The number of amides is 1. The van der Waals surface area contributed by atoms with E-state index in [0.29, 0.717) is 4.68 Å². The summed E-state index contributed by atoms with van der Waals surface area (Å²) in [6, 6.07) is 5.85. The number of hydrogen-bond acceptors (Lipinski definition) is 2. The molecule has 0 saturated carbocycles. The highest BCUT2D eigenvalue weighted by molar-refractivity contribution is 6.32. The van der Waals surface area contributed by atoms with Crippen LogP contribution in [0.25, 0.3) is 5.69 Å². The van der Waals surface area contributed by atoms with Gasteiger partial charge in [-0.3, -0.25) is 4.79 Å². The summed E-state index contributed by atoms with van der Waals surface area (Å²) in [4.78, 5) is 11.0. The fourth-order valence-corrected chi connectivity index (χ4v) is 1.82. The molecule has 1 aromatic carbocycles. The Balaban J connectivity index is 2.73. The van der Waals surface area contributed by atoms with E-state index >= 15 is 0 Å². The molecule has 0 unspecified atom stereocenters. The van der Waals surface area contributed by atoms with E-state index in [4.69, 9.17) is 17.3 Å². The maximum absolute atomic E-state index is 13.0. The molecule has 1 aromatic heterocycles. The van der Waals surface area contributed by atoms with Crippen molar-refractivity contribution >= 4 is 17.5 Å². The number of carbonyl (C=O) groups excluding carboxylic acids is 1. The van der Waals surface area contributed by atoms with Gasteiger partial charge in [-0.1, -0.05) is 23.7 Å². The average molecular weight is 290 g/mol. The van der Waals surface area contributed by atoms with E-state index in [1.165, 1.54) is 18.2 Å². The monoisotopic (exact) mass is 289 g/mol. The maximum atomic E-state index is 13.0. The van der Waals surface area contributed by atoms with Crippen LogP contribution >= 0.6 is 11.6 Å². The van der Waals surface area contributed by atoms with Crippen molar-refractivity contribution < 1.29 is 18.0 Å². The van der Waals surface area contributed by atoms with Crippen LogP contribution in [0.1, 0.15) is 16.1 Å². The zero-order chi connectivity index (χ0) is 14.2. The number of hydrogen-bond donors (Lipinski definition) is 1. The number of nitrogens with zero attached hydrogens (tertiary/aromatic N) is 2. The molecule has 0 bridgehead atoms. The van der Waals surface area contributed by atoms with Crippen molar-refractivity contribution in [3.05, 3.63) is 46.7 Å². The minimum absolute atomic E-state index is 0.0176. The molecule has 4 nitrogen and oxygen atoms in total. The summed E-state index contributed by atoms with van der Waals surface area (Å²) in [7, 11) is 0. The molecule has 2 N–H and O–H groups in total. The van der Waals surface area contributed by atoms with Crippen LogP contribution in [0.4, 0.5) is 13.2 Å². The van der Waals surface area contributed by atoms with E-state index in [-0.39, 0.29) is 10.7 Å². The Kier molecular flexibility index (Phi) is 3.23. The summed E-state index contributed by atoms with van der Waals surface area (Å²) in [5, 5.41) is 3.62. The van der Waals surface area contributed by atoms with Gasteiger partial charge in [-0.25, -0.2) is 4.68 Å². The summed E-state index contributed by atoms with van der Waals surface area (Å²) in [5.41, 5.74) is 2.99. The number of primary amides is 1. The van der Waals surface area contributed by atoms with E-state index in [2.05, 4.69) is 5.10 Å². The minimum Gasteiger partial charge on any atom is -0.365 e. The van der Waals surface area contributed by atoms with Crippen LogP contribution in [0.2, 0.25) is 5.02 Å². The van der Waals surface area contributed by atoms with Crippen LogP contribution in [0.5, 0.6) is 0 Å². The molecule has 19 heavy (non-hydrogen) atoms. The van der Waals surface area contributed by atoms with Crippen molar-refractivity contribution in [1.82, 2.24) is 9.78 Å². The zero-order valence-corrected chi connectivity index (χ0v) is 10.0. The first kappa shape index (κ1) is 13.4. The van der Waals surface area contributed by atoms with Gasteiger partial charge in [0.05, 0.1) is 22.5 Å². The molecule has 0 aliphatic heterocycles. The Bertz CT molecular complexity index is 636. The third-order valence-corrected chi connectivity index (χ3v) is 2.70. The van der Waals surface area contributed by atoms with Crippen molar-refractivity contribution in [1.29, 1.82) is 0 Å². The second kappa shape index (κ2) is 4.58. The van der Waals surface area contributed by atoms with Crippen molar-refractivity contribution in [3.63, 3.8) is 0 Å². The summed E-state index contributed by atoms with van der Waals surface area (Å²) < 4.78 is 39.6. The third-order valence-electron chi connectivity index (χ3n) is 2.38. The normalized spacial score (nSPS) is 11.6. The standard InChI is InChI=1S/C11H7ClF3N3O/c12-7-3-1-2-4-8(7)18-9(11(13,14)15)6(5-17-18)10(16)19/h1-5H,(H2,16,19). The Labute approximate surface area is 110 Å². The molecule has 100 valence electrons. The fraction of sp³-hybridized carbons (Fsp3) is 0.0909. The molecule has 0 fully saturated rings. The molecule has 1 amide bonds. The lowest BCUT2D eigenvalue weighted by Gasteiger charge is -2.12. The first-order chi connectivity index (χ1) is 8.82. The molecule has 0 atom stereocenters. The van der Waals surface area contributed by atoms with Gasteiger partial charge in [-0.15, -0.1) is 0 Å². The lowest BCUT2D eigenvalue weighted by atomic mass is 10.2. The molecule has 0 saturated heterocycles. The fourth-order valence-electron chi connectivity index (χ4n) is 1.61. The Morgan fingerprint density at radius 2 is 1.95 bits per heavy atom. The predicted molar refractivity (Wildman–Crippen MR) is 62.1 cm³/mol. The topological polar surface area (TPSA) is 60.9 Å². The quantitative estimate of drug-likeness (QED) is 0.924. The highest BCUT2D eigenvalue weighted by Gasteiger charge is 2.40. The summed E-state index contributed by atoms with van der Waals surface area (Å²) >= 11 is 5.83. The van der Waals surface area contributed by atoms with Gasteiger partial charge in [0.25, 0.3) is 5.91 Å². The zero-order valence-electron chi connectivity index (χ0n) is 9.28. The Morgan fingerprint density at radius 1 is 1.32 bits per heavy atom. The number of rotatable bonds is 2. The van der Waals surface area contributed by atoms with E-state index in [1.807, 2.05) is 0 Å². The third kappa shape index (κ3) is 2.41. The number of benzene rings is 1. The number of nitrogens with two attached hydrogens (primary N) is 1. The summed E-state index contributed by atoms with van der Waals surface area (Å²) in [5.74, 6) is -1.20. The van der Waals surface area contributed by atoms with Crippen molar-refractivity contribution in [2.75, 3.05) is 0 Å². The number of halogens is 4. The summed E-state index contributed by atoms with van der Waals surface area (Å²) in [6.07, 6.45) is -4.01. The van der Waals surface area contributed by atoms with Gasteiger partial charge in [0.1, 0.15) is 0 Å². The Hall–Kier alpha value is -2.02. The van der Waals surface area contributed by atoms with Crippen molar-refractivity contribution in [3.8, 4) is 5.69 Å². The van der Waals surface area contributed by atoms with Gasteiger partial charge in [0.2, 0.25) is 0 Å². The lowest BCUT2D eigenvalue weighted by Crippen LogP contribution is -2.20. The molecular formula is C11H7ClF3N3O. The van der Waals surface area contributed by atoms with Crippen molar-refractivity contribution in [2.24, 2.45) is 5.73 Å². The molecule has 0 aliphatic carbocycles. The second-order valence-corrected chi connectivity index (χ2v) is 4.04. The van der Waals surface area contributed by atoms with Crippen molar-refractivity contribution in [2.45, 2.75) is 6.18 Å². The predicted octanol–water partition coefficient (Wildman–Crippen LogP) is 2.64. The smallest absolute Gasteiger partial charge is 0.365 e. The number of alkyl halides is 3. The lowest BCUT2D eigenvalue weighted by molar-refractivity contribution is -0.143. The number of aromatic nitrogens is 2. The van der Waals surface area contributed by atoms with E-state index in [0.717, 1.165) is 6.20 Å². The number of carbonyl (C=O) groups is 1. The van der Waals surface area contributed by atoms with Crippen LogP contribution < -0.4 is 5.73 Å². The van der Waals surface area contributed by atoms with E-state index in [1.54, 1.807) is 6.07 Å². The Morgan fingerprint density at radius 3 is 2.47 bits per heavy atom.